The van der Waals surface area contributed by atoms with Gasteiger partial charge in [-0.3, -0.25) is 4.90 Å². The van der Waals surface area contributed by atoms with E-state index in [2.05, 4.69) is 15.9 Å². The molecule has 78 valence electrons. The minimum atomic E-state index is -0.195. The molecule has 0 aliphatic carbocycles. The van der Waals surface area contributed by atoms with Crippen LogP contribution >= 0.6 is 15.9 Å². The molecule has 0 amide bonds. The van der Waals surface area contributed by atoms with Crippen LogP contribution in [0, 0.1) is 5.82 Å². The van der Waals surface area contributed by atoms with Crippen molar-refractivity contribution in [1.29, 1.82) is 0 Å². The van der Waals surface area contributed by atoms with E-state index in [-0.39, 0.29) is 12.5 Å². The summed E-state index contributed by atoms with van der Waals surface area (Å²) in [4.78, 5) is 1.72. The quantitative estimate of drug-likeness (QED) is 0.839. The third kappa shape index (κ3) is 3.36. The number of nitrogens with zero attached hydrogens (tertiary/aromatic N) is 1. The van der Waals surface area contributed by atoms with Crippen molar-refractivity contribution < 1.29 is 9.50 Å². The molecule has 0 unspecified atom stereocenters. The highest BCUT2D eigenvalue weighted by atomic mass is 79.9. The smallest absolute Gasteiger partial charge is 0.126 e. The van der Waals surface area contributed by atoms with Crippen LogP contribution in [0.1, 0.15) is 5.56 Å². The van der Waals surface area contributed by atoms with Crippen molar-refractivity contribution in [3.63, 3.8) is 0 Å². The zero-order valence-corrected chi connectivity index (χ0v) is 9.59. The lowest BCUT2D eigenvalue weighted by Gasteiger charge is -2.12. The van der Waals surface area contributed by atoms with E-state index < -0.39 is 0 Å². The third-order valence-electron chi connectivity index (χ3n) is 2.01. The SMILES string of the molecule is CN(CO)CCc1cc(Br)ccc1F. The molecule has 14 heavy (non-hydrogen) atoms. The number of aliphatic hydroxyl groups excluding tert-OH is 1. The number of benzene rings is 1. The number of aliphatic hydroxyl groups is 1. The van der Waals surface area contributed by atoms with E-state index in [1.54, 1.807) is 24.1 Å². The van der Waals surface area contributed by atoms with Crippen molar-refractivity contribution in [1.82, 2.24) is 4.90 Å². The van der Waals surface area contributed by atoms with Crippen molar-refractivity contribution in [3.05, 3.63) is 34.1 Å². The van der Waals surface area contributed by atoms with Crippen LogP contribution in [-0.2, 0) is 6.42 Å². The summed E-state index contributed by atoms with van der Waals surface area (Å²) in [7, 11) is 1.79. The first-order valence-electron chi connectivity index (χ1n) is 4.37. The van der Waals surface area contributed by atoms with E-state index in [0.717, 1.165) is 4.47 Å². The largest absolute Gasteiger partial charge is 0.381 e. The lowest BCUT2D eigenvalue weighted by Crippen LogP contribution is -2.22. The fraction of sp³-hybridized carbons (Fsp3) is 0.400. The Hall–Kier alpha value is -0.450. The molecule has 0 heterocycles. The van der Waals surface area contributed by atoms with Crippen LogP contribution in [0.4, 0.5) is 4.39 Å². The van der Waals surface area contributed by atoms with Gasteiger partial charge < -0.3 is 5.11 Å². The summed E-state index contributed by atoms with van der Waals surface area (Å²) >= 11 is 3.29. The molecule has 0 saturated carbocycles. The van der Waals surface area contributed by atoms with Crippen molar-refractivity contribution in [2.75, 3.05) is 20.3 Å². The second-order valence-electron chi connectivity index (χ2n) is 3.21. The molecule has 0 aliphatic rings. The number of likely N-dealkylation sites (N-methyl/N-ethyl adjacent to an activating group) is 1. The predicted octanol–water partition coefficient (Wildman–Crippen LogP) is 2.01. The van der Waals surface area contributed by atoms with Crippen LogP contribution in [0.25, 0.3) is 0 Å². The summed E-state index contributed by atoms with van der Waals surface area (Å²) < 4.78 is 14.1. The van der Waals surface area contributed by atoms with E-state index >= 15 is 0 Å². The fourth-order valence-corrected chi connectivity index (χ4v) is 1.53. The molecule has 0 atom stereocenters. The van der Waals surface area contributed by atoms with Crippen LogP contribution in [-0.4, -0.2) is 30.3 Å². The van der Waals surface area contributed by atoms with Crippen LogP contribution in [0.3, 0.4) is 0 Å². The first-order chi connectivity index (χ1) is 6.63. The van der Waals surface area contributed by atoms with E-state index in [0.29, 0.717) is 18.5 Å². The number of rotatable bonds is 4. The van der Waals surface area contributed by atoms with Gasteiger partial charge in [0.2, 0.25) is 0 Å². The fourth-order valence-electron chi connectivity index (χ4n) is 1.12. The van der Waals surface area contributed by atoms with E-state index in [1.165, 1.54) is 6.07 Å². The number of hydrogen-bond acceptors (Lipinski definition) is 2. The summed E-state index contributed by atoms with van der Waals surface area (Å²) in [6, 6.07) is 4.88. The highest BCUT2D eigenvalue weighted by molar-refractivity contribution is 9.10. The summed E-state index contributed by atoms with van der Waals surface area (Å²) in [5.74, 6) is -0.195. The van der Waals surface area contributed by atoms with Crippen molar-refractivity contribution in [2.45, 2.75) is 6.42 Å². The van der Waals surface area contributed by atoms with E-state index in [1.807, 2.05) is 0 Å². The lowest BCUT2D eigenvalue weighted by molar-refractivity contribution is 0.134. The lowest BCUT2D eigenvalue weighted by atomic mass is 10.1. The maximum Gasteiger partial charge on any atom is 0.126 e. The first kappa shape index (κ1) is 11.6. The maximum atomic E-state index is 13.2. The van der Waals surface area contributed by atoms with Crippen LogP contribution < -0.4 is 0 Å². The monoisotopic (exact) mass is 261 g/mol. The molecule has 2 nitrogen and oxygen atoms in total. The molecule has 1 aromatic carbocycles. The van der Waals surface area contributed by atoms with Gasteiger partial charge in [0.1, 0.15) is 5.82 Å². The molecule has 1 N–H and O–H groups in total. The molecule has 0 spiro atoms. The van der Waals surface area contributed by atoms with E-state index in [9.17, 15) is 4.39 Å². The minimum Gasteiger partial charge on any atom is -0.381 e. The Bertz CT molecular complexity index is 306. The van der Waals surface area contributed by atoms with Gasteiger partial charge in [-0.25, -0.2) is 4.39 Å². The van der Waals surface area contributed by atoms with Gasteiger partial charge in [0.25, 0.3) is 0 Å². The standard InChI is InChI=1S/C10H13BrFNO/c1-13(7-14)5-4-8-6-9(11)2-3-10(8)12/h2-3,6,14H,4-5,7H2,1H3. The Kier molecular flexibility index (Phi) is 4.51. The molecule has 0 saturated heterocycles. The van der Waals surface area contributed by atoms with Gasteiger partial charge in [0.15, 0.2) is 0 Å². The molecule has 0 aromatic heterocycles. The number of halogens is 2. The van der Waals surface area contributed by atoms with Crippen molar-refractivity contribution in [3.8, 4) is 0 Å². The average molecular weight is 262 g/mol. The molecule has 4 heteroatoms. The average Bonchev–Trinajstić information content (AvgIpc) is 2.19. The Morgan fingerprint density at radius 2 is 2.21 bits per heavy atom. The third-order valence-corrected chi connectivity index (χ3v) is 2.51. The zero-order valence-electron chi connectivity index (χ0n) is 8.00. The van der Waals surface area contributed by atoms with Crippen LogP contribution in [0.5, 0.6) is 0 Å². The molecular formula is C10H13BrFNO. The van der Waals surface area contributed by atoms with Crippen LogP contribution in [0.2, 0.25) is 0 Å². The minimum absolute atomic E-state index is 0.00434. The molecular weight excluding hydrogens is 249 g/mol. The highest BCUT2D eigenvalue weighted by Crippen LogP contribution is 2.16. The van der Waals surface area contributed by atoms with Crippen molar-refractivity contribution >= 4 is 15.9 Å². The summed E-state index contributed by atoms with van der Waals surface area (Å²) in [6.07, 6.45) is 0.600. The second kappa shape index (κ2) is 5.44. The summed E-state index contributed by atoms with van der Waals surface area (Å²) in [6.45, 7) is 0.638. The highest BCUT2D eigenvalue weighted by Gasteiger charge is 2.04. The van der Waals surface area contributed by atoms with Crippen molar-refractivity contribution in [2.24, 2.45) is 0 Å². The second-order valence-corrected chi connectivity index (χ2v) is 4.12. The van der Waals surface area contributed by atoms with Gasteiger partial charge in [-0.2, -0.15) is 0 Å². The predicted molar refractivity (Wildman–Crippen MR) is 57.5 cm³/mol. The van der Waals surface area contributed by atoms with Gasteiger partial charge in [-0.05, 0) is 37.2 Å². The molecule has 0 fully saturated rings. The first-order valence-corrected chi connectivity index (χ1v) is 5.16. The zero-order chi connectivity index (χ0) is 10.6. The Labute approximate surface area is 91.5 Å². The molecule has 1 aromatic rings. The van der Waals surface area contributed by atoms with E-state index in [4.69, 9.17) is 5.11 Å². The van der Waals surface area contributed by atoms with Gasteiger partial charge in [-0.1, -0.05) is 15.9 Å². The Morgan fingerprint density at radius 3 is 2.86 bits per heavy atom. The Morgan fingerprint density at radius 1 is 1.50 bits per heavy atom. The van der Waals surface area contributed by atoms with Gasteiger partial charge >= 0.3 is 0 Å². The molecule has 0 aliphatic heterocycles. The molecule has 0 bridgehead atoms. The molecule has 1 rings (SSSR count). The van der Waals surface area contributed by atoms with Gasteiger partial charge in [0.05, 0.1) is 6.73 Å². The normalized spacial score (nSPS) is 10.9. The van der Waals surface area contributed by atoms with Gasteiger partial charge in [0, 0.05) is 11.0 Å². The Balaban J connectivity index is 2.62. The van der Waals surface area contributed by atoms with Gasteiger partial charge in [-0.15, -0.1) is 0 Å². The number of hydrogen-bond donors (Lipinski definition) is 1. The maximum absolute atomic E-state index is 13.2. The van der Waals surface area contributed by atoms with Crippen LogP contribution in [0.15, 0.2) is 22.7 Å². The molecule has 0 radical (unpaired) electrons. The summed E-state index contributed by atoms with van der Waals surface area (Å²) in [5, 5.41) is 8.76. The summed E-state index contributed by atoms with van der Waals surface area (Å²) in [5.41, 5.74) is 0.666. The topological polar surface area (TPSA) is 23.5 Å².